The van der Waals surface area contributed by atoms with E-state index in [-0.39, 0.29) is 11.8 Å². The highest BCUT2D eigenvalue weighted by Gasteiger charge is 2.13. The van der Waals surface area contributed by atoms with Gasteiger partial charge < -0.3 is 19.8 Å². The zero-order chi connectivity index (χ0) is 26.3. The minimum atomic E-state index is -0.229. The number of carbonyl (C=O) groups excluding carboxylic acids is 2. The Morgan fingerprint density at radius 1 is 0.868 bits per heavy atom. The van der Waals surface area contributed by atoms with Crippen LogP contribution in [0.3, 0.4) is 0 Å². The SMILES string of the molecule is Cc1ccc(NC(=O)c2ccoc2)cc1-c1ccc(C(=O)NCc2cccc(CN3CCOCC3)c2)cc1. The summed E-state index contributed by atoms with van der Waals surface area (Å²) in [5, 5.41) is 5.93. The third-order valence-corrected chi connectivity index (χ3v) is 6.69. The van der Waals surface area contributed by atoms with Crippen LogP contribution in [0.25, 0.3) is 11.1 Å². The number of hydrogen-bond donors (Lipinski definition) is 2. The minimum absolute atomic E-state index is 0.118. The average molecular weight is 510 g/mol. The summed E-state index contributed by atoms with van der Waals surface area (Å²) < 4.78 is 10.4. The van der Waals surface area contributed by atoms with Gasteiger partial charge in [-0.15, -0.1) is 0 Å². The van der Waals surface area contributed by atoms with Crippen LogP contribution >= 0.6 is 0 Å². The lowest BCUT2D eigenvalue weighted by atomic mass is 9.98. The van der Waals surface area contributed by atoms with Gasteiger partial charge >= 0.3 is 0 Å². The molecule has 194 valence electrons. The Balaban J connectivity index is 1.20. The molecule has 0 unspecified atom stereocenters. The van der Waals surface area contributed by atoms with Crippen molar-refractivity contribution in [3.63, 3.8) is 0 Å². The maximum absolute atomic E-state index is 12.8. The van der Waals surface area contributed by atoms with Crippen molar-refractivity contribution in [1.29, 1.82) is 0 Å². The van der Waals surface area contributed by atoms with Gasteiger partial charge in [-0.1, -0.05) is 42.5 Å². The molecule has 1 fully saturated rings. The predicted octanol–water partition coefficient (Wildman–Crippen LogP) is 5.27. The van der Waals surface area contributed by atoms with Crippen LogP contribution in [0.5, 0.6) is 0 Å². The molecule has 1 aliphatic rings. The third-order valence-electron chi connectivity index (χ3n) is 6.69. The van der Waals surface area contributed by atoms with Crippen LogP contribution in [-0.2, 0) is 17.8 Å². The molecule has 4 aromatic rings. The van der Waals surface area contributed by atoms with Crippen molar-refractivity contribution in [2.45, 2.75) is 20.0 Å². The lowest BCUT2D eigenvalue weighted by Crippen LogP contribution is -2.35. The van der Waals surface area contributed by atoms with Crippen LogP contribution in [0.1, 0.15) is 37.4 Å². The fourth-order valence-corrected chi connectivity index (χ4v) is 4.55. The van der Waals surface area contributed by atoms with E-state index in [0.29, 0.717) is 23.4 Å². The summed E-state index contributed by atoms with van der Waals surface area (Å²) in [6.45, 7) is 6.83. The Hall–Kier alpha value is -4.20. The van der Waals surface area contributed by atoms with E-state index in [4.69, 9.17) is 9.15 Å². The first-order valence-corrected chi connectivity index (χ1v) is 12.8. The monoisotopic (exact) mass is 509 g/mol. The molecule has 1 aliphatic heterocycles. The van der Waals surface area contributed by atoms with Crippen LogP contribution in [0.15, 0.2) is 89.7 Å². The van der Waals surface area contributed by atoms with Gasteiger partial charge in [-0.05, 0) is 65.1 Å². The second-order valence-electron chi connectivity index (χ2n) is 9.46. The number of benzene rings is 3. The molecule has 0 spiro atoms. The lowest BCUT2D eigenvalue weighted by molar-refractivity contribution is 0.0342. The van der Waals surface area contributed by atoms with Gasteiger partial charge in [0.1, 0.15) is 6.26 Å². The largest absolute Gasteiger partial charge is 0.472 e. The average Bonchev–Trinajstić information content (AvgIpc) is 3.49. The molecule has 2 heterocycles. The van der Waals surface area contributed by atoms with Crippen molar-refractivity contribution in [2.75, 3.05) is 31.6 Å². The number of carbonyl (C=O) groups is 2. The molecule has 0 radical (unpaired) electrons. The highest BCUT2D eigenvalue weighted by atomic mass is 16.5. The van der Waals surface area contributed by atoms with E-state index < -0.39 is 0 Å². The molecule has 1 aromatic heterocycles. The van der Waals surface area contributed by atoms with Crippen molar-refractivity contribution in [1.82, 2.24) is 10.2 Å². The molecule has 38 heavy (non-hydrogen) atoms. The van der Waals surface area contributed by atoms with Gasteiger partial charge in [0.05, 0.1) is 25.0 Å². The summed E-state index contributed by atoms with van der Waals surface area (Å²) in [5.41, 5.74) is 7.09. The molecule has 7 heteroatoms. The Labute approximate surface area is 222 Å². The zero-order valence-corrected chi connectivity index (χ0v) is 21.4. The molecular formula is C31H31N3O4. The highest BCUT2D eigenvalue weighted by molar-refractivity contribution is 6.04. The zero-order valence-electron chi connectivity index (χ0n) is 21.4. The molecule has 5 rings (SSSR count). The molecule has 0 bridgehead atoms. The van der Waals surface area contributed by atoms with Crippen LogP contribution < -0.4 is 10.6 Å². The maximum Gasteiger partial charge on any atom is 0.258 e. The number of nitrogens with zero attached hydrogens (tertiary/aromatic N) is 1. The number of hydrogen-bond acceptors (Lipinski definition) is 5. The first-order chi connectivity index (χ1) is 18.5. The standard InChI is InChI=1S/C31H31N3O4/c1-22-5-10-28(33-31(36)27-11-14-38-21-27)18-29(22)25-6-8-26(9-7-25)30(35)32-19-23-3-2-4-24(17-23)20-34-12-15-37-16-13-34/h2-11,14,17-18,21H,12-13,15-16,19-20H2,1H3,(H,32,35)(H,33,36). The quantitative estimate of drug-likeness (QED) is 0.338. The van der Waals surface area contributed by atoms with Crippen molar-refractivity contribution >= 4 is 17.5 Å². The van der Waals surface area contributed by atoms with Crippen LogP contribution in [0, 0.1) is 6.92 Å². The normalized spacial score (nSPS) is 13.7. The molecule has 7 nitrogen and oxygen atoms in total. The Kier molecular flexibility index (Phi) is 7.97. The number of nitrogens with one attached hydrogen (secondary N) is 2. The number of ether oxygens (including phenoxy) is 1. The molecule has 0 saturated carbocycles. The van der Waals surface area contributed by atoms with E-state index in [1.54, 1.807) is 6.07 Å². The van der Waals surface area contributed by atoms with Gasteiger partial charge in [0.2, 0.25) is 0 Å². The smallest absolute Gasteiger partial charge is 0.258 e. The van der Waals surface area contributed by atoms with E-state index >= 15 is 0 Å². The second-order valence-corrected chi connectivity index (χ2v) is 9.46. The molecule has 1 saturated heterocycles. The summed E-state index contributed by atoms with van der Waals surface area (Å²) in [5.74, 6) is -0.347. The molecular weight excluding hydrogens is 478 g/mol. The summed E-state index contributed by atoms with van der Waals surface area (Å²) >= 11 is 0. The summed E-state index contributed by atoms with van der Waals surface area (Å²) in [4.78, 5) is 27.6. The van der Waals surface area contributed by atoms with Gasteiger partial charge in [-0.3, -0.25) is 14.5 Å². The van der Waals surface area contributed by atoms with Crippen LogP contribution in [0.4, 0.5) is 5.69 Å². The van der Waals surface area contributed by atoms with E-state index in [9.17, 15) is 9.59 Å². The molecule has 3 aromatic carbocycles. The van der Waals surface area contributed by atoms with E-state index in [1.807, 2.05) is 61.5 Å². The molecule has 0 aliphatic carbocycles. The van der Waals surface area contributed by atoms with Crippen molar-refractivity contribution < 1.29 is 18.7 Å². The van der Waals surface area contributed by atoms with Crippen LogP contribution in [-0.4, -0.2) is 43.0 Å². The summed E-state index contributed by atoms with van der Waals surface area (Å²) in [6.07, 6.45) is 2.88. The van der Waals surface area contributed by atoms with E-state index in [0.717, 1.165) is 55.1 Å². The third kappa shape index (κ3) is 6.37. The van der Waals surface area contributed by atoms with Crippen molar-refractivity contribution in [2.24, 2.45) is 0 Å². The molecule has 0 atom stereocenters. The Morgan fingerprint density at radius 2 is 1.66 bits per heavy atom. The molecule has 2 N–H and O–H groups in total. The maximum atomic E-state index is 12.8. The van der Waals surface area contributed by atoms with Gasteiger partial charge in [-0.2, -0.15) is 0 Å². The van der Waals surface area contributed by atoms with E-state index in [2.05, 4.69) is 27.7 Å². The second kappa shape index (κ2) is 11.9. The summed E-state index contributed by atoms with van der Waals surface area (Å²) in [6, 6.07) is 23.3. The summed E-state index contributed by atoms with van der Waals surface area (Å²) in [7, 11) is 0. The minimum Gasteiger partial charge on any atom is -0.472 e. The first-order valence-electron chi connectivity index (χ1n) is 12.8. The van der Waals surface area contributed by atoms with Gasteiger partial charge in [0.25, 0.3) is 11.8 Å². The predicted molar refractivity (Wildman–Crippen MR) is 147 cm³/mol. The first kappa shape index (κ1) is 25.4. The number of rotatable bonds is 8. The van der Waals surface area contributed by atoms with Gasteiger partial charge in [0.15, 0.2) is 0 Å². The molecule has 2 amide bonds. The number of aryl methyl sites for hydroxylation is 1. The number of furan rings is 1. The van der Waals surface area contributed by atoms with Gasteiger partial charge in [0, 0.05) is 37.4 Å². The topological polar surface area (TPSA) is 83.8 Å². The van der Waals surface area contributed by atoms with Crippen LogP contribution in [0.2, 0.25) is 0 Å². The number of amides is 2. The number of morpholine rings is 1. The van der Waals surface area contributed by atoms with Crippen molar-refractivity contribution in [3.05, 3.63) is 113 Å². The van der Waals surface area contributed by atoms with E-state index in [1.165, 1.54) is 18.1 Å². The highest BCUT2D eigenvalue weighted by Crippen LogP contribution is 2.27. The van der Waals surface area contributed by atoms with Gasteiger partial charge in [-0.25, -0.2) is 0 Å². The Morgan fingerprint density at radius 3 is 2.42 bits per heavy atom. The fraction of sp³-hybridized carbons (Fsp3) is 0.226. The van der Waals surface area contributed by atoms with Crippen molar-refractivity contribution in [3.8, 4) is 11.1 Å². The fourth-order valence-electron chi connectivity index (χ4n) is 4.55. The lowest BCUT2D eigenvalue weighted by Gasteiger charge is -2.26. The Bertz CT molecular complexity index is 1390. The number of anilines is 1.